The average Bonchev–Trinajstić information content (AvgIpc) is 2.60. The normalized spacial score (nSPS) is 18.3. The summed E-state index contributed by atoms with van der Waals surface area (Å²) in [7, 11) is 1.85. The van der Waals surface area contributed by atoms with Crippen LogP contribution in [0.3, 0.4) is 0 Å². The fourth-order valence-electron chi connectivity index (χ4n) is 3.69. The first-order valence-electron chi connectivity index (χ1n) is 8.13. The summed E-state index contributed by atoms with van der Waals surface area (Å²) in [6.07, 6.45) is 5.37. The van der Waals surface area contributed by atoms with Gasteiger partial charge in [0.2, 0.25) is 0 Å². The zero-order valence-corrected chi connectivity index (χ0v) is 13.9. The number of anilines is 1. The van der Waals surface area contributed by atoms with E-state index in [-0.39, 0.29) is 5.57 Å². The summed E-state index contributed by atoms with van der Waals surface area (Å²) in [4.78, 5) is 14.0. The number of benzene rings is 2. The van der Waals surface area contributed by atoms with Crippen LogP contribution in [0.5, 0.6) is 0 Å². The molecule has 0 saturated carbocycles. The van der Waals surface area contributed by atoms with Gasteiger partial charge in [0.05, 0.1) is 5.57 Å². The highest BCUT2D eigenvalue weighted by Gasteiger charge is 2.35. The molecule has 0 spiro atoms. The molecule has 0 bridgehead atoms. The number of carboxylic acid groups (broad SMARTS) is 1. The van der Waals surface area contributed by atoms with Crippen molar-refractivity contribution in [2.24, 2.45) is 0 Å². The molecule has 130 valence electrons. The van der Waals surface area contributed by atoms with Gasteiger partial charge in [-0.05, 0) is 29.8 Å². The van der Waals surface area contributed by atoms with Gasteiger partial charge < -0.3 is 10.0 Å². The minimum absolute atomic E-state index is 0.156. The Morgan fingerprint density at radius 1 is 1.12 bits per heavy atom. The molecule has 4 rings (SSSR count). The van der Waals surface area contributed by atoms with Crippen molar-refractivity contribution in [3.8, 4) is 0 Å². The van der Waals surface area contributed by atoms with E-state index in [4.69, 9.17) is 0 Å². The molecule has 1 unspecified atom stereocenters. The van der Waals surface area contributed by atoms with Gasteiger partial charge in [-0.2, -0.15) is 0 Å². The number of rotatable bonds is 2. The van der Waals surface area contributed by atoms with E-state index >= 15 is 0 Å². The Balaban J connectivity index is 2.01. The van der Waals surface area contributed by atoms with Crippen molar-refractivity contribution in [1.82, 2.24) is 0 Å². The van der Waals surface area contributed by atoms with Crippen LogP contribution in [0.1, 0.15) is 17.0 Å². The quantitative estimate of drug-likeness (QED) is 0.867. The van der Waals surface area contributed by atoms with Crippen LogP contribution >= 0.6 is 0 Å². The molecule has 1 aliphatic carbocycles. The average molecular weight is 351 g/mol. The smallest absolute Gasteiger partial charge is 0.336 e. The second-order valence-corrected chi connectivity index (χ2v) is 6.29. The third-order valence-corrected chi connectivity index (χ3v) is 4.77. The number of hydrogen-bond acceptors (Lipinski definition) is 2. The first kappa shape index (κ1) is 16.3. The zero-order valence-electron chi connectivity index (χ0n) is 13.9. The van der Waals surface area contributed by atoms with Crippen molar-refractivity contribution in [2.75, 3.05) is 11.9 Å². The number of likely N-dealkylation sites (N-methyl/N-ethyl adjacent to an activating group) is 1. The van der Waals surface area contributed by atoms with E-state index in [1.165, 1.54) is 12.1 Å². The Kier molecular flexibility index (Phi) is 3.72. The molecule has 1 atom stereocenters. The molecule has 1 heterocycles. The molecular weight excluding hydrogens is 336 g/mol. The van der Waals surface area contributed by atoms with Crippen LogP contribution in [0, 0.1) is 11.6 Å². The third-order valence-electron chi connectivity index (χ3n) is 4.77. The summed E-state index contributed by atoms with van der Waals surface area (Å²) in [5.41, 5.74) is 3.14. The molecule has 0 fully saturated rings. The highest BCUT2D eigenvalue weighted by Crippen LogP contribution is 2.47. The third kappa shape index (κ3) is 2.44. The van der Waals surface area contributed by atoms with Crippen molar-refractivity contribution < 1.29 is 18.7 Å². The number of aliphatic carboxylic acids is 1. The fourth-order valence-corrected chi connectivity index (χ4v) is 3.69. The Labute approximate surface area is 149 Å². The molecule has 3 nitrogen and oxygen atoms in total. The molecule has 26 heavy (non-hydrogen) atoms. The predicted molar refractivity (Wildman–Crippen MR) is 95.7 cm³/mol. The van der Waals surface area contributed by atoms with Crippen molar-refractivity contribution in [2.45, 2.75) is 5.92 Å². The van der Waals surface area contributed by atoms with Gasteiger partial charge in [-0.1, -0.05) is 30.4 Å². The van der Waals surface area contributed by atoms with Crippen LogP contribution in [0.2, 0.25) is 0 Å². The summed E-state index contributed by atoms with van der Waals surface area (Å²) in [6.45, 7) is 0. The molecule has 2 aromatic rings. The number of allylic oxidation sites excluding steroid dienone is 4. The lowest BCUT2D eigenvalue weighted by atomic mass is 9.78. The van der Waals surface area contributed by atoms with Crippen LogP contribution in [0.15, 0.2) is 72.0 Å². The lowest BCUT2D eigenvalue weighted by Gasteiger charge is -2.37. The van der Waals surface area contributed by atoms with E-state index in [0.29, 0.717) is 22.4 Å². The Morgan fingerprint density at radius 3 is 2.50 bits per heavy atom. The Hall–Kier alpha value is -3.21. The number of carboxylic acids is 1. The summed E-state index contributed by atoms with van der Waals surface area (Å²) in [5.74, 6) is -3.00. The van der Waals surface area contributed by atoms with Crippen molar-refractivity contribution in [1.29, 1.82) is 0 Å². The van der Waals surface area contributed by atoms with E-state index in [2.05, 4.69) is 0 Å². The van der Waals surface area contributed by atoms with Gasteiger partial charge in [0.25, 0.3) is 0 Å². The SMILES string of the molecule is CN1C2=CC=CC(c3cc(F)cc(F)c3)C2=C(C(=O)O)c2ccccc21. The maximum atomic E-state index is 13.8. The molecule has 0 amide bonds. The predicted octanol–water partition coefficient (Wildman–Crippen LogP) is 4.49. The van der Waals surface area contributed by atoms with E-state index in [1.807, 2.05) is 30.2 Å². The van der Waals surface area contributed by atoms with Gasteiger partial charge in [-0.25, -0.2) is 13.6 Å². The first-order chi connectivity index (χ1) is 12.5. The van der Waals surface area contributed by atoms with Crippen LogP contribution < -0.4 is 4.90 Å². The second-order valence-electron chi connectivity index (χ2n) is 6.29. The zero-order chi connectivity index (χ0) is 18.4. The number of hydrogen-bond donors (Lipinski definition) is 1. The number of carbonyl (C=O) groups is 1. The molecule has 1 N–H and O–H groups in total. The highest BCUT2D eigenvalue weighted by atomic mass is 19.1. The lowest BCUT2D eigenvalue weighted by molar-refractivity contribution is -0.130. The molecular formula is C21H15F2NO2. The monoisotopic (exact) mass is 351 g/mol. The lowest BCUT2D eigenvalue weighted by Crippen LogP contribution is -2.29. The minimum atomic E-state index is -1.07. The standard InChI is InChI=1S/C21H15F2NO2/c1-24-17-7-3-2-5-16(17)20(21(25)26)19-15(6-4-8-18(19)24)12-9-13(22)11-14(23)10-12/h2-11,15H,1H3,(H,25,26). The second kappa shape index (κ2) is 5.95. The fraction of sp³-hybridized carbons (Fsp3) is 0.0952. The number of fused-ring (bicyclic) bond motifs is 2. The van der Waals surface area contributed by atoms with Crippen LogP contribution in [0.4, 0.5) is 14.5 Å². The van der Waals surface area contributed by atoms with Crippen LogP contribution in [-0.4, -0.2) is 18.1 Å². The topological polar surface area (TPSA) is 40.5 Å². The van der Waals surface area contributed by atoms with Crippen molar-refractivity contribution in [3.63, 3.8) is 0 Å². The molecule has 1 aliphatic heterocycles. The van der Waals surface area contributed by atoms with Crippen LogP contribution in [0.25, 0.3) is 5.57 Å². The molecule has 2 aromatic carbocycles. The minimum Gasteiger partial charge on any atom is -0.478 e. The maximum absolute atomic E-state index is 13.8. The molecule has 0 saturated heterocycles. The number of halogens is 2. The molecule has 0 aromatic heterocycles. The highest BCUT2D eigenvalue weighted by molar-refractivity contribution is 6.20. The van der Waals surface area contributed by atoms with Gasteiger partial charge in [-0.15, -0.1) is 0 Å². The van der Waals surface area contributed by atoms with Gasteiger partial charge in [0.15, 0.2) is 0 Å². The summed E-state index contributed by atoms with van der Waals surface area (Å²) >= 11 is 0. The van der Waals surface area contributed by atoms with Gasteiger partial charge in [-0.3, -0.25) is 0 Å². The summed E-state index contributed by atoms with van der Waals surface area (Å²) in [6, 6.07) is 10.5. The first-order valence-corrected chi connectivity index (χ1v) is 8.13. The summed E-state index contributed by atoms with van der Waals surface area (Å²) < 4.78 is 27.5. The van der Waals surface area contributed by atoms with Crippen molar-refractivity contribution >= 4 is 17.2 Å². The Bertz CT molecular complexity index is 1000. The van der Waals surface area contributed by atoms with E-state index in [1.54, 1.807) is 24.3 Å². The number of para-hydroxylation sites is 1. The van der Waals surface area contributed by atoms with E-state index in [9.17, 15) is 18.7 Å². The van der Waals surface area contributed by atoms with Gasteiger partial charge in [0, 0.05) is 41.6 Å². The van der Waals surface area contributed by atoms with E-state index in [0.717, 1.165) is 11.8 Å². The largest absolute Gasteiger partial charge is 0.478 e. The maximum Gasteiger partial charge on any atom is 0.336 e. The molecule has 0 radical (unpaired) electrons. The van der Waals surface area contributed by atoms with Gasteiger partial charge >= 0.3 is 5.97 Å². The molecule has 5 heteroatoms. The van der Waals surface area contributed by atoms with Crippen molar-refractivity contribution in [3.05, 3.63) is 94.7 Å². The van der Waals surface area contributed by atoms with Gasteiger partial charge in [0.1, 0.15) is 11.6 Å². The Morgan fingerprint density at radius 2 is 1.81 bits per heavy atom. The summed E-state index contributed by atoms with van der Waals surface area (Å²) in [5, 5.41) is 9.91. The van der Waals surface area contributed by atoms with E-state index < -0.39 is 23.5 Å². The van der Waals surface area contributed by atoms with Crippen LogP contribution in [-0.2, 0) is 4.79 Å². The number of nitrogens with zero attached hydrogens (tertiary/aromatic N) is 1. The molecule has 2 aliphatic rings.